The van der Waals surface area contributed by atoms with Crippen LogP contribution in [0.15, 0.2) is 35.1 Å². The average Bonchev–Trinajstić information content (AvgIpc) is 2.46. The summed E-state index contributed by atoms with van der Waals surface area (Å²) in [4.78, 5) is 15.2. The van der Waals surface area contributed by atoms with Gasteiger partial charge in [0.1, 0.15) is 0 Å². The lowest BCUT2D eigenvalue weighted by molar-refractivity contribution is 0.0838. The van der Waals surface area contributed by atoms with Gasteiger partial charge < -0.3 is 10.1 Å². The molecule has 2 atom stereocenters. The van der Waals surface area contributed by atoms with Crippen molar-refractivity contribution in [3.05, 3.63) is 51.8 Å². The molecular formula is C17H19NO2. The highest BCUT2D eigenvalue weighted by molar-refractivity contribution is 5.89. The molecule has 0 bridgehead atoms. The third-order valence-electron chi connectivity index (χ3n) is 4.14. The summed E-state index contributed by atoms with van der Waals surface area (Å²) in [5.41, 5.74) is 2.61. The van der Waals surface area contributed by atoms with Crippen LogP contribution in [0.1, 0.15) is 25.0 Å². The highest BCUT2D eigenvalue weighted by Crippen LogP contribution is 2.29. The molecule has 3 nitrogen and oxygen atoms in total. The van der Waals surface area contributed by atoms with E-state index >= 15 is 0 Å². The van der Waals surface area contributed by atoms with E-state index in [1.54, 1.807) is 0 Å². The van der Waals surface area contributed by atoms with Crippen molar-refractivity contribution in [3.63, 3.8) is 0 Å². The van der Waals surface area contributed by atoms with Crippen LogP contribution in [-0.4, -0.2) is 16.2 Å². The van der Waals surface area contributed by atoms with Crippen LogP contribution in [0.2, 0.25) is 0 Å². The van der Waals surface area contributed by atoms with E-state index in [4.69, 9.17) is 0 Å². The summed E-state index contributed by atoms with van der Waals surface area (Å²) >= 11 is 0. The van der Waals surface area contributed by atoms with Crippen molar-refractivity contribution in [1.82, 2.24) is 4.98 Å². The van der Waals surface area contributed by atoms with Crippen LogP contribution in [0.4, 0.5) is 0 Å². The van der Waals surface area contributed by atoms with Gasteiger partial charge in [0.05, 0.1) is 6.10 Å². The van der Waals surface area contributed by atoms with Gasteiger partial charge in [-0.3, -0.25) is 4.79 Å². The topological polar surface area (TPSA) is 53.1 Å². The van der Waals surface area contributed by atoms with E-state index < -0.39 is 6.10 Å². The van der Waals surface area contributed by atoms with E-state index in [1.165, 1.54) is 0 Å². The van der Waals surface area contributed by atoms with Crippen LogP contribution in [0.5, 0.6) is 0 Å². The Morgan fingerprint density at radius 1 is 1.30 bits per heavy atom. The van der Waals surface area contributed by atoms with Crippen molar-refractivity contribution >= 4 is 17.0 Å². The number of rotatable bonds is 2. The maximum Gasteiger partial charge on any atom is 0.252 e. The van der Waals surface area contributed by atoms with Crippen molar-refractivity contribution in [1.29, 1.82) is 0 Å². The molecule has 0 saturated carbocycles. The number of aliphatic hydroxyl groups is 1. The summed E-state index contributed by atoms with van der Waals surface area (Å²) in [5, 5.41) is 11.3. The van der Waals surface area contributed by atoms with E-state index in [-0.39, 0.29) is 17.4 Å². The third-order valence-corrected chi connectivity index (χ3v) is 4.14. The van der Waals surface area contributed by atoms with Gasteiger partial charge in [0.15, 0.2) is 0 Å². The van der Waals surface area contributed by atoms with Gasteiger partial charge in [-0.15, -0.1) is 0 Å². The van der Waals surface area contributed by atoms with E-state index in [2.05, 4.69) is 4.98 Å². The van der Waals surface area contributed by atoms with Gasteiger partial charge >= 0.3 is 0 Å². The molecule has 0 radical (unpaired) electrons. The molecule has 1 aromatic carbocycles. The van der Waals surface area contributed by atoms with Gasteiger partial charge in [-0.25, -0.2) is 0 Å². The SMILES string of the molecule is CC(C)[C@@H](O)[C@H]1C=Cc2c(c(=O)[nH]c3ccccc23)C1. The fourth-order valence-electron chi connectivity index (χ4n) is 2.96. The summed E-state index contributed by atoms with van der Waals surface area (Å²) in [6.45, 7) is 4.00. The number of pyridine rings is 1. The Bertz CT molecular complexity index is 727. The van der Waals surface area contributed by atoms with Gasteiger partial charge in [0.2, 0.25) is 0 Å². The van der Waals surface area contributed by atoms with Crippen LogP contribution in [0.25, 0.3) is 17.0 Å². The second-order valence-electron chi connectivity index (χ2n) is 5.85. The Hall–Kier alpha value is -1.87. The zero-order chi connectivity index (χ0) is 14.3. The Morgan fingerprint density at radius 3 is 2.80 bits per heavy atom. The highest BCUT2D eigenvalue weighted by atomic mass is 16.3. The fraction of sp³-hybridized carbons (Fsp3) is 0.353. The molecule has 1 aliphatic rings. The number of para-hydroxylation sites is 1. The van der Waals surface area contributed by atoms with Crippen molar-refractivity contribution in [2.24, 2.45) is 11.8 Å². The molecule has 0 aliphatic heterocycles. The normalized spacial score (nSPS) is 19.3. The lowest BCUT2D eigenvalue weighted by atomic mass is 9.82. The van der Waals surface area contributed by atoms with Crippen molar-refractivity contribution in [3.8, 4) is 0 Å². The molecule has 20 heavy (non-hydrogen) atoms. The average molecular weight is 269 g/mol. The molecule has 3 rings (SSSR count). The van der Waals surface area contributed by atoms with Gasteiger partial charge in [-0.05, 0) is 24.0 Å². The van der Waals surface area contributed by atoms with Gasteiger partial charge in [-0.2, -0.15) is 0 Å². The van der Waals surface area contributed by atoms with Gasteiger partial charge in [0.25, 0.3) is 5.56 Å². The lowest BCUT2D eigenvalue weighted by Crippen LogP contribution is -2.30. The zero-order valence-corrected chi connectivity index (χ0v) is 11.8. The van der Waals surface area contributed by atoms with Crippen LogP contribution in [-0.2, 0) is 6.42 Å². The maximum atomic E-state index is 12.2. The standard InChI is InChI=1S/C17H19NO2/c1-10(2)16(19)11-7-8-12-13-5-3-4-6-15(13)18-17(20)14(12)9-11/h3-8,10-11,16,19H,9H2,1-2H3,(H,18,20)/t11-,16+/m0/s1. The first-order valence-electron chi connectivity index (χ1n) is 7.08. The number of aromatic amines is 1. The lowest BCUT2D eigenvalue weighted by Gasteiger charge is -2.26. The number of aliphatic hydroxyl groups excluding tert-OH is 1. The molecule has 104 valence electrons. The van der Waals surface area contributed by atoms with E-state index in [9.17, 15) is 9.90 Å². The Morgan fingerprint density at radius 2 is 2.05 bits per heavy atom. The van der Waals surface area contributed by atoms with Crippen molar-refractivity contribution in [2.75, 3.05) is 0 Å². The molecule has 2 N–H and O–H groups in total. The predicted octanol–water partition coefficient (Wildman–Crippen LogP) is 2.73. The van der Waals surface area contributed by atoms with E-state index in [1.807, 2.05) is 50.3 Å². The molecule has 0 amide bonds. The molecule has 3 heteroatoms. The molecular weight excluding hydrogens is 250 g/mol. The first-order valence-corrected chi connectivity index (χ1v) is 7.08. The highest BCUT2D eigenvalue weighted by Gasteiger charge is 2.25. The minimum Gasteiger partial charge on any atom is -0.392 e. The fourth-order valence-corrected chi connectivity index (χ4v) is 2.96. The second kappa shape index (κ2) is 4.91. The van der Waals surface area contributed by atoms with Gasteiger partial charge in [-0.1, -0.05) is 44.2 Å². The summed E-state index contributed by atoms with van der Waals surface area (Å²) in [5.74, 6) is 0.204. The van der Waals surface area contributed by atoms with Crippen molar-refractivity contribution in [2.45, 2.75) is 26.4 Å². The monoisotopic (exact) mass is 269 g/mol. The second-order valence-corrected chi connectivity index (χ2v) is 5.85. The first kappa shape index (κ1) is 13.1. The molecule has 2 aromatic rings. The predicted molar refractivity (Wildman–Crippen MR) is 81.6 cm³/mol. The number of aromatic nitrogens is 1. The molecule has 0 fully saturated rings. The quantitative estimate of drug-likeness (QED) is 0.880. The minimum absolute atomic E-state index is 0.0183. The molecule has 0 saturated heterocycles. The number of hydrogen-bond acceptors (Lipinski definition) is 2. The number of hydrogen-bond donors (Lipinski definition) is 2. The van der Waals surface area contributed by atoms with Crippen LogP contribution >= 0.6 is 0 Å². The summed E-state index contributed by atoms with van der Waals surface area (Å²) in [7, 11) is 0. The molecule has 1 aliphatic carbocycles. The molecule has 1 aromatic heterocycles. The summed E-state index contributed by atoms with van der Waals surface area (Å²) in [6, 6.07) is 7.83. The molecule has 0 unspecified atom stereocenters. The summed E-state index contributed by atoms with van der Waals surface area (Å²) < 4.78 is 0. The van der Waals surface area contributed by atoms with Crippen LogP contribution < -0.4 is 5.56 Å². The minimum atomic E-state index is -0.412. The van der Waals surface area contributed by atoms with Gasteiger partial charge in [0, 0.05) is 22.4 Å². The molecule has 1 heterocycles. The zero-order valence-electron chi connectivity index (χ0n) is 11.8. The van der Waals surface area contributed by atoms with Crippen molar-refractivity contribution < 1.29 is 5.11 Å². The third kappa shape index (κ3) is 2.08. The number of fused-ring (bicyclic) bond motifs is 3. The number of benzene rings is 1. The Kier molecular flexibility index (Phi) is 3.22. The van der Waals surface area contributed by atoms with Crippen LogP contribution in [0, 0.1) is 11.8 Å². The van der Waals surface area contributed by atoms with E-state index in [0.29, 0.717) is 6.42 Å². The van der Waals surface area contributed by atoms with Crippen LogP contribution in [0.3, 0.4) is 0 Å². The number of H-pyrrole nitrogens is 1. The smallest absolute Gasteiger partial charge is 0.252 e. The van der Waals surface area contributed by atoms with E-state index in [0.717, 1.165) is 22.0 Å². The Balaban J connectivity index is 2.12. The first-order chi connectivity index (χ1) is 9.58. The summed E-state index contributed by atoms with van der Waals surface area (Å²) in [6.07, 6.45) is 4.22. The largest absolute Gasteiger partial charge is 0.392 e. The number of nitrogens with one attached hydrogen (secondary N) is 1. The molecule has 0 spiro atoms. The maximum absolute atomic E-state index is 12.2. The Labute approximate surface area is 118 Å².